The van der Waals surface area contributed by atoms with E-state index < -0.39 is 17.6 Å². The zero-order valence-electron chi connectivity index (χ0n) is 18.9. The second-order valence-corrected chi connectivity index (χ2v) is 8.60. The van der Waals surface area contributed by atoms with Crippen LogP contribution < -0.4 is 16.0 Å². The number of methoxy groups -OCH3 is 2. The number of hydrogen-bond donors (Lipinski definition) is 3. The highest BCUT2D eigenvalue weighted by Crippen LogP contribution is 2.49. The molecule has 0 radical (unpaired) electrons. The lowest BCUT2D eigenvalue weighted by Gasteiger charge is -2.32. The summed E-state index contributed by atoms with van der Waals surface area (Å²) in [5.74, 6) is -0.577. The third-order valence-electron chi connectivity index (χ3n) is 7.02. The number of nitrogens with one attached hydrogen (secondary N) is 3. The smallest absolute Gasteiger partial charge is 0.323 e. The van der Waals surface area contributed by atoms with E-state index >= 15 is 0 Å². The number of ether oxygens (including phenoxy) is 2. The molecule has 172 valence electrons. The summed E-state index contributed by atoms with van der Waals surface area (Å²) in [5, 5.41) is 11.2. The fourth-order valence-corrected chi connectivity index (χ4v) is 5.46. The van der Waals surface area contributed by atoms with Crippen molar-refractivity contribution in [2.75, 3.05) is 26.6 Å². The molecule has 0 amide bonds. The Kier molecular flexibility index (Phi) is 5.34. The maximum absolute atomic E-state index is 12.5. The fraction of sp³-hybridized carbons (Fsp3) is 0.360. The van der Waals surface area contributed by atoms with E-state index in [0.29, 0.717) is 12.8 Å². The molecule has 0 spiro atoms. The maximum Gasteiger partial charge on any atom is 0.323 e. The number of anilines is 1. The van der Waals surface area contributed by atoms with Crippen molar-refractivity contribution in [1.29, 1.82) is 0 Å². The normalized spacial score (nSPS) is 24.1. The van der Waals surface area contributed by atoms with Gasteiger partial charge in [0.05, 0.1) is 14.2 Å². The van der Waals surface area contributed by atoms with Gasteiger partial charge in [-0.2, -0.15) is 0 Å². The number of benzene rings is 2. The average Bonchev–Trinajstić information content (AvgIpc) is 3.49. The largest absolute Gasteiger partial charge is 0.468 e. The predicted octanol–water partition coefficient (Wildman–Crippen LogP) is 1.97. The molecule has 0 aliphatic carbocycles. The molecule has 2 aromatic carbocycles. The van der Waals surface area contributed by atoms with Crippen molar-refractivity contribution in [1.82, 2.24) is 15.2 Å². The first kappa shape index (κ1) is 21.5. The Hall–Kier alpha value is -3.36. The highest BCUT2D eigenvalue weighted by molar-refractivity contribution is 5.87. The summed E-state index contributed by atoms with van der Waals surface area (Å²) in [6.45, 7) is 0. The number of likely N-dealkylation sites (N-methyl/N-ethyl adjacent to an activating group) is 1. The van der Waals surface area contributed by atoms with Gasteiger partial charge in [-0.15, -0.1) is 0 Å². The lowest BCUT2D eigenvalue weighted by Crippen LogP contribution is -2.46. The van der Waals surface area contributed by atoms with E-state index in [0.717, 1.165) is 27.7 Å². The number of carbonyl (C=O) groups excluding carboxylic acids is 2. The molecule has 4 atom stereocenters. The summed E-state index contributed by atoms with van der Waals surface area (Å²) in [5.41, 5.74) is 3.71. The SMILES string of the molecule is CN[C@@H](Cc1cn([C@]23C[C@@H](C(=O)OC)N[C@H]2Nc2ccccc23)c2ccccc12)C(=O)OC. The Morgan fingerprint density at radius 1 is 1.15 bits per heavy atom. The van der Waals surface area contributed by atoms with Crippen LogP contribution in [0.4, 0.5) is 5.69 Å². The zero-order valence-corrected chi connectivity index (χ0v) is 18.9. The molecule has 8 heteroatoms. The third kappa shape index (κ3) is 3.20. The molecule has 5 rings (SSSR count). The number of para-hydroxylation sites is 2. The van der Waals surface area contributed by atoms with E-state index in [1.165, 1.54) is 14.2 Å². The highest BCUT2D eigenvalue weighted by atomic mass is 16.5. The van der Waals surface area contributed by atoms with Gasteiger partial charge in [-0.05, 0) is 24.7 Å². The van der Waals surface area contributed by atoms with Crippen LogP contribution in [0.1, 0.15) is 17.5 Å². The molecule has 3 heterocycles. The molecule has 1 fully saturated rings. The lowest BCUT2D eigenvalue weighted by atomic mass is 9.86. The van der Waals surface area contributed by atoms with Crippen LogP contribution in [0.15, 0.2) is 54.7 Å². The molecule has 0 unspecified atom stereocenters. The van der Waals surface area contributed by atoms with Gasteiger partial charge in [-0.1, -0.05) is 36.4 Å². The van der Waals surface area contributed by atoms with E-state index in [-0.39, 0.29) is 18.1 Å². The molecule has 2 aliphatic heterocycles. The van der Waals surface area contributed by atoms with Gasteiger partial charge in [0.2, 0.25) is 0 Å². The van der Waals surface area contributed by atoms with Crippen molar-refractivity contribution in [3.05, 3.63) is 65.9 Å². The molecule has 3 aromatic rings. The second kappa shape index (κ2) is 8.20. The molecule has 1 saturated heterocycles. The first-order valence-corrected chi connectivity index (χ1v) is 11.1. The first-order chi connectivity index (χ1) is 16.0. The van der Waals surface area contributed by atoms with Crippen LogP contribution in [0.3, 0.4) is 0 Å². The summed E-state index contributed by atoms with van der Waals surface area (Å²) in [6, 6.07) is 15.5. The molecule has 0 bridgehead atoms. The Balaban J connectivity index is 1.68. The minimum absolute atomic E-state index is 0.191. The number of nitrogens with zero attached hydrogens (tertiary/aromatic N) is 1. The molecular formula is C25H28N4O4. The molecular weight excluding hydrogens is 420 g/mol. The number of carbonyl (C=O) groups is 2. The summed E-state index contributed by atoms with van der Waals surface area (Å²) >= 11 is 0. The third-order valence-corrected chi connectivity index (χ3v) is 7.02. The van der Waals surface area contributed by atoms with Gasteiger partial charge in [-0.3, -0.25) is 14.9 Å². The minimum Gasteiger partial charge on any atom is -0.468 e. The van der Waals surface area contributed by atoms with Crippen molar-refractivity contribution in [3.8, 4) is 0 Å². The topological polar surface area (TPSA) is 93.6 Å². The second-order valence-electron chi connectivity index (χ2n) is 8.60. The number of aromatic nitrogens is 1. The van der Waals surface area contributed by atoms with Crippen LogP contribution in [0.25, 0.3) is 10.9 Å². The summed E-state index contributed by atoms with van der Waals surface area (Å²) in [6.07, 6.45) is 2.96. The Labute approximate surface area is 192 Å². The lowest BCUT2D eigenvalue weighted by molar-refractivity contribution is -0.143. The van der Waals surface area contributed by atoms with Crippen molar-refractivity contribution in [2.45, 2.75) is 36.6 Å². The molecule has 3 N–H and O–H groups in total. The molecule has 8 nitrogen and oxygen atoms in total. The molecule has 0 saturated carbocycles. The van der Waals surface area contributed by atoms with Gasteiger partial charge in [0.25, 0.3) is 0 Å². The first-order valence-electron chi connectivity index (χ1n) is 11.1. The van der Waals surface area contributed by atoms with Gasteiger partial charge in [0.15, 0.2) is 0 Å². The van der Waals surface area contributed by atoms with Crippen molar-refractivity contribution in [3.63, 3.8) is 0 Å². The van der Waals surface area contributed by atoms with Crippen molar-refractivity contribution in [2.24, 2.45) is 0 Å². The predicted molar refractivity (Wildman–Crippen MR) is 125 cm³/mol. The van der Waals surface area contributed by atoms with E-state index in [1.807, 2.05) is 24.3 Å². The standard InChI is InChI=1S/C25H28N4O4/c1-26-19(22(30)32-2)12-15-14-29(21-11-7-4-8-16(15)21)25-13-20(23(31)33-3)28-24(25)27-18-10-6-5-9-17(18)25/h4-11,14,19-20,24,26-28H,12-13H2,1-3H3/t19-,20-,24+,25-/m0/s1. The van der Waals surface area contributed by atoms with Crippen molar-refractivity contribution < 1.29 is 19.1 Å². The minimum atomic E-state index is -0.534. The van der Waals surface area contributed by atoms with Gasteiger partial charge >= 0.3 is 11.9 Å². The van der Waals surface area contributed by atoms with Crippen molar-refractivity contribution >= 4 is 28.5 Å². The number of rotatable bonds is 6. The van der Waals surface area contributed by atoms with Crippen LogP contribution in [0, 0.1) is 0 Å². The number of esters is 2. The van der Waals surface area contributed by atoms with Crippen LogP contribution in [0.2, 0.25) is 0 Å². The number of fused-ring (bicyclic) bond motifs is 4. The van der Waals surface area contributed by atoms with Crippen LogP contribution in [-0.4, -0.2) is 56.0 Å². The zero-order chi connectivity index (χ0) is 23.2. The van der Waals surface area contributed by atoms with Crippen LogP contribution in [-0.2, 0) is 31.0 Å². The highest BCUT2D eigenvalue weighted by Gasteiger charge is 2.57. The van der Waals surface area contributed by atoms with Gasteiger partial charge in [0, 0.05) is 41.2 Å². The van der Waals surface area contributed by atoms with E-state index in [1.54, 1.807) is 7.05 Å². The number of hydrogen-bond acceptors (Lipinski definition) is 7. The molecule has 33 heavy (non-hydrogen) atoms. The Morgan fingerprint density at radius 2 is 1.91 bits per heavy atom. The summed E-state index contributed by atoms with van der Waals surface area (Å²) in [4.78, 5) is 24.8. The van der Waals surface area contributed by atoms with Gasteiger partial charge in [0.1, 0.15) is 23.8 Å². The monoisotopic (exact) mass is 448 g/mol. The summed E-state index contributed by atoms with van der Waals surface area (Å²) in [7, 11) is 4.58. The van der Waals surface area contributed by atoms with Gasteiger partial charge in [-0.25, -0.2) is 0 Å². The van der Waals surface area contributed by atoms with Crippen LogP contribution >= 0.6 is 0 Å². The molecule has 2 aliphatic rings. The Bertz CT molecular complexity index is 1220. The average molecular weight is 449 g/mol. The Morgan fingerprint density at radius 3 is 2.67 bits per heavy atom. The molecule has 1 aromatic heterocycles. The van der Waals surface area contributed by atoms with Gasteiger partial charge < -0.3 is 24.7 Å². The quantitative estimate of drug-likeness (QED) is 0.497. The van der Waals surface area contributed by atoms with E-state index in [4.69, 9.17) is 9.47 Å². The maximum atomic E-state index is 12.5. The van der Waals surface area contributed by atoms with E-state index in [9.17, 15) is 9.59 Å². The van der Waals surface area contributed by atoms with E-state index in [2.05, 4.69) is 51.0 Å². The van der Waals surface area contributed by atoms with Crippen LogP contribution in [0.5, 0.6) is 0 Å². The fourth-order valence-electron chi connectivity index (χ4n) is 5.46. The summed E-state index contributed by atoms with van der Waals surface area (Å²) < 4.78 is 12.3.